The number of carbonyl (C=O) groups excluding carboxylic acids is 1. The molecule has 0 bridgehead atoms. The van der Waals surface area contributed by atoms with E-state index in [-0.39, 0.29) is 11.2 Å². The van der Waals surface area contributed by atoms with Crippen molar-refractivity contribution in [2.24, 2.45) is 0 Å². The zero-order valence-corrected chi connectivity index (χ0v) is 10.1. The normalized spacial score (nSPS) is 11.5. The Morgan fingerprint density at radius 1 is 1.33 bits per heavy atom. The number of carbonyl (C=O) groups is 1. The van der Waals surface area contributed by atoms with Gasteiger partial charge in [0.25, 0.3) is 5.24 Å². The van der Waals surface area contributed by atoms with E-state index in [1.54, 1.807) is 19.1 Å². The van der Waals surface area contributed by atoms with E-state index in [9.17, 15) is 9.90 Å². The molecule has 1 rings (SSSR count). The van der Waals surface area contributed by atoms with Gasteiger partial charge in [0.2, 0.25) is 0 Å². The first-order chi connectivity index (χ1) is 6.73. The number of halogens is 1. The Kier molecular flexibility index (Phi) is 3.10. The van der Waals surface area contributed by atoms with Crippen molar-refractivity contribution >= 4 is 16.8 Å². The van der Waals surface area contributed by atoms with Gasteiger partial charge in [0.05, 0.1) is 0 Å². The summed E-state index contributed by atoms with van der Waals surface area (Å²) in [4.78, 5) is 11.1. The van der Waals surface area contributed by atoms with Crippen molar-refractivity contribution in [3.05, 3.63) is 28.8 Å². The Hall–Kier alpha value is -1.02. The number of hydrogen-bond donors (Lipinski definition) is 1. The first-order valence-electron chi connectivity index (χ1n) is 4.77. The second-order valence-electron chi connectivity index (χ2n) is 4.71. The SMILES string of the molecule is Cc1cc(C(=O)Cl)cc(C(C)(C)C)c1O. The lowest BCUT2D eigenvalue weighted by Gasteiger charge is -2.22. The van der Waals surface area contributed by atoms with Crippen LogP contribution < -0.4 is 0 Å². The maximum Gasteiger partial charge on any atom is 0.252 e. The van der Waals surface area contributed by atoms with Crippen molar-refractivity contribution in [3.8, 4) is 5.75 Å². The Labute approximate surface area is 94.9 Å². The largest absolute Gasteiger partial charge is 0.507 e. The molecule has 15 heavy (non-hydrogen) atoms. The lowest BCUT2D eigenvalue weighted by atomic mass is 9.84. The fourth-order valence-corrected chi connectivity index (χ4v) is 1.57. The Balaban J connectivity index is 3.45. The average molecular weight is 227 g/mol. The maximum atomic E-state index is 11.1. The van der Waals surface area contributed by atoms with Crippen LogP contribution >= 0.6 is 11.6 Å². The lowest BCUT2D eigenvalue weighted by molar-refractivity contribution is 0.108. The van der Waals surface area contributed by atoms with Crippen molar-refractivity contribution in [2.75, 3.05) is 0 Å². The average Bonchev–Trinajstić information content (AvgIpc) is 2.06. The summed E-state index contributed by atoms with van der Waals surface area (Å²) in [5.74, 6) is 0.240. The molecule has 1 N–H and O–H groups in total. The molecule has 0 aliphatic carbocycles. The molecule has 2 nitrogen and oxygen atoms in total. The topological polar surface area (TPSA) is 37.3 Å². The van der Waals surface area contributed by atoms with Gasteiger partial charge >= 0.3 is 0 Å². The molecule has 0 saturated heterocycles. The molecule has 0 aromatic heterocycles. The molecule has 0 radical (unpaired) electrons. The van der Waals surface area contributed by atoms with Crippen LogP contribution in [0.15, 0.2) is 12.1 Å². The molecule has 3 heteroatoms. The molecule has 0 amide bonds. The van der Waals surface area contributed by atoms with E-state index in [0.29, 0.717) is 11.1 Å². The summed E-state index contributed by atoms with van der Waals surface area (Å²) < 4.78 is 0. The highest BCUT2D eigenvalue weighted by Crippen LogP contribution is 2.34. The van der Waals surface area contributed by atoms with Gasteiger partial charge in [-0.1, -0.05) is 20.8 Å². The number of phenols is 1. The Morgan fingerprint density at radius 2 is 1.87 bits per heavy atom. The molecule has 0 saturated carbocycles. The quantitative estimate of drug-likeness (QED) is 0.746. The number of aryl methyl sites for hydroxylation is 1. The fourth-order valence-electron chi connectivity index (χ4n) is 1.46. The molecule has 0 aliphatic rings. The van der Waals surface area contributed by atoms with Gasteiger partial charge in [-0.3, -0.25) is 4.79 Å². The fraction of sp³-hybridized carbons (Fsp3) is 0.417. The summed E-state index contributed by atoms with van der Waals surface area (Å²) in [6.45, 7) is 7.69. The van der Waals surface area contributed by atoms with Crippen LogP contribution in [0, 0.1) is 6.92 Å². The minimum absolute atomic E-state index is 0.211. The summed E-state index contributed by atoms with van der Waals surface area (Å²) in [5.41, 5.74) is 1.63. The number of phenolic OH excluding ortho intramolecular Hbond substituents is 1. The van der Waals surface area contributed by atoms with Crippen molar-refractivity contribution < 1.29 is 9.90 Å². The predicted molar refractivity (Wildman–Crippen MR) is 61.7 cm³/mol. The third kappa shape index (κ3) is 2.51. The summed E-state index contributed by atoms with van der Waals surface area (Å²) >= 11 is 5.43. The molecule has 0 atom stereocenters. The molecule has 0 unspecified atom stereocenters. The molecular weight excluding hydrogens is 212 g/mol. The van der Waals surface area contributed by atoms with Gasteiger partial charge in [-0.25, -0.2) is 0 Å². The van der Waals surface area contributed by atoms with Crippen LogP contribution in [0.4, 0.5) is 0 Å². The van der Waals surface area contributed by atoms with Gasteiger partial charge in [-0.05, 0) is 41.6 Å². The van der Waals surface area contributed by atoms with Crippen LogP contribution in [0.1, 0.15) is 42.3 Å². The van der Waals surface area contributed by atoms with Crippen LogP contribution in [0.25, 0.3) is 0 Å². The number of rotatable bonds is 1. The number of benzene rings is 1. The minimum atomic E-state index is -0.497. The molecule has 0 aliphatic heterocycles. The molecule has 82 valence electrons. The molecule has 0 fully saturated rings. The third-order valence-electron chi connectivity index (χ3n) is 2.34. The lowest BCUT2D eigenvalue weighted by Crippen LogP contribution is -2.13. The van der Waals surface area contributed by atoms with Gasteiger partial charge in [0, 0.05) is 11.1 Å². The first-order valence-corrected chi connectivity index (χ1v) is 5.15. The van der Waals surface area contributed by atoms with Crippen LogP contribution in [-0.4, -0.2) is 10.3 Å². The highest BCUT2D eigenvalue weighted by molar-refractivity contribution is 6.67. The maximum absolute atomic E-state index is 11.1. The zero-order valence-electron chi connectivity index (χ0n) is 9.39. The van der Waals surface area contributed by atoms with Crippen molar-refractivity contribution in [1.82, 2.24) is 0 Å². The van der Waals surface area contributed by atoms with Crippen molar-refractivity contribution in [2.45, 2.75) is 33.1 Å². The molecular formula is C12H15ClO2. The second kappa shape index (κ2) is 3.86. The third-order valence-corrected chi connectivity index (χ3v) is 2.55. The van der Waals surface area contributed by atoms with E-state index in [4.69, 9.17) is 11.6 Å². The van der Waals surface area contributed by atoms with Crippen LogP contribution in [0.3, 0.4) is 0 Å². The van der Waals surface area contributed by atoms with E-state index in [1.807, 2.05) is 20.8 Å². The predicted octanol–water partition coefficient (Wildman–Crippen LogP) is 3.38. The molecule has 0 heterocycles. The van der Waals surface area contributed by atoms with Crippen LogP contribution in [-0.2, 0) is 5.41 Å². The van der Waals surface area contributed by atoms with Gasteiger partial charge in [-0.15, -0.1) is 0 Å². The number of aromatic hydroxyl groups is 1. The molecule has 1 aromatic carbocycles. The number of hydrogen-bond acceptors (Lipinski definition) is 2. The molecule has 1 aromatic rings. The van der Waals surface area contributed by atoms with Crippen molar-refractivity contribution in [1.29, 1.82) is 0 Å². The van der Waals surface area contributed by atoms with Crippen LogP contribution in [0.2, 0.25) is 0 Å². The van der Waals surface area contributed by atoms with E-state index < -0.39 is 5.24 Å². The Morgan fingerprint density at radius 3 is 2.27 bits per heavy atom. The monoisotopic (exact) mass is 226 g/mol. The summed E-state index contributed by atoms with van der Waals surface area (Å²) in [5, 5.41) is 9.39. The first kappa shape index (κ1) is 12.1. The van der Waals surface area contributed by atoms with E-state index in [1.165, 1.54) is 0 Å². The van der Waals surface area contributed by atoms with Gasteiger partial charge in [0.1, 0.15) is 5.75 Å². The standard InChI is InChI=1S/C12H15ClO2/c1-7-5-8(11(13)15)6-9(10(7)14)12(2,3)4/h5-6,14H,1-4H3. The summed E-state index contributed by atoms with van der Waals surface area (Å²) in [6.07, 6.45) is 0. The van der Waals surface area contributed by atoms with E-state index in [2.05, 4.69) is 0 Å². The summed E-state index contributed by atoms with van der Waals surface area (Å²) in [7, 11) is 0. The van der Waals surface area contributed by atoms with Gasteiger partial charge in [0.15, 0.2) is 0 Å². The highest BCUT2D eigenvalue weighted by atomic mass is 35.5. The molecule has 0 spiro atoms. The second-order valence-corrected chi connectivity index (χ2v) is 5.06. The van der Waals surface area contributed by atoms with Gasteiger partial charge < -0.3 is 5.11 Å². The smallest absolute Gasteiger partial charge is 0.252 e. The minimum Gasteiger partial charge on any atom is -0.507 e. The Bertz CT molecular complexity index is 403. The van der Waals surface area contributed by atoms with Gasteiger partial charge in [-0.2, -0.15) is 0 Å². The highest BCUT2D eigenvalue weighted by Gasteiger charge is 2.21. The summed E-state index contributed by atoms with van der Waals surface area (Å²) in [6, 6.07) is 3.25. The van der Waals surface area contributed by atoms with Crippen LogP contribution in [0.5, 0.6) is 5.75 Å². The van der Waals surface area contributed by atoms with E-state index in [0.717, 1.165) is 5.56 Å². The van der Waals surface area contributed by atoms with E-state index >= 15 is 0 Å². The van der Waals surface area contributed by atoms with Crippen molar-refractivity contribution in [3.63, 3.8) is 0 Å². The zero-order chi connectivity index (χ0) is 11.8.